The third-order valence-corrected chi connectivity index (χ3v) is 3.87. The first-order valence-corrected chi connectivity index (χ1v) is 8.86. The van der Waals surface area contributed by atoms with Crippen molar-refractivity contribution in [1.82, 2.24) is 5.32 Å². The fraction of sp³-hybridized carbons (Fsp3) is 0.136. The molecule has 0 aliphatic heterocycles. The van der Waals surface area contributed by atoms with Crippen molar-refractivity contribution in [2.75, 3.05) is 0 Å². The van der Waals surface area contributed by atoms with Crippen molar-refractivity contribution < 1.29 is 23.1 Å². The minimum atomic E-state index is -0.782. The summed E-state index contributed by atoms with van der Waals surface area (Å²) >= 11 is 0. The van der Waals surface area contributed by atoms with Gasteiger partial charge in [-0.25, -0.2) is 14.0 Å². The summed E-state index contributed by atoms with van der Waals surface area (Å²) in [6.45, 7) is 3.57. The maximum absolute atomic E-state index is 12.9. The molecule has 148 valence electrons. The molecule has 3 rings (SSSR count). The Kier molecular flexibility index (Phi) is 5.87. The van der Waals surface area contributed by atoms with Crippen molar-refractivity contribution in [2.45, 2.75) is 19.9 Å². The van der Waals surface area contributed by atoms with Crippen LogP contribution in [0.15, 0.2) is 63.8 Å². The van der Waals surface area contributed by atoms with Gasteiger partial charge in [0.1, 0.15) is 22.7 Å². The summed E-state index contributed by atoms with van der Waals surface area (Å²) in [5, 5.41) is 3.15. The Balaban J connectivity index is 1.77. The van der Waals surface area contributed by atoms with Crippen LogP contribution >= 0.6 is 0 Å². The fourth-order valence-corrected chi connectivity index (χ4v) is 2.54. The minimum absolute atomic E-state index is 0.0989. The quantitative estimate of drug-likeness (QED) is 0.308. The van der Waals surface area contributed by atoms with Gasteiger partial charge in [-0.1, -0.05) is 12.1 Å². The lowest BCUT2D eigenvalue weighted by Crippen LogP contribution is -2.33. The third-order valence-electron chi connectivity index (χ3n) is 3.87. The lowest BCUT2D eigenvalue weighted by Gasteiger charge is -2.08. The highest BCUT2D eigenvalue weighted by Crippen LogP contribution is 2.21. The molecule has 6 nitrogen and oxygen atoms in total. The van der Waals surface area contributed by atoms with Gasteiger partial charge < -0.3 is 14.5 Å². The van der Waals surface area contributed by atoms with Crippen LogP contribution in [-0.2, 0) is 4.79 Å². The first kappa shape index (κ1) is 20.0. The summed E-state index contributed by atoms with van der Waals surface area (Å²) in [6, 6.07) is 11.4. The smallest absolute Gasteiger partial charge is 0.349 e. The number of halogens is 1. The van der Waals surface area contributed by atoms with E-state index in [0.717, 1.165) is 0 Å². The van der Waals surface area contributed by atoms with E-state index in [2.05, 4.69) is 5.32 Å². The van der Waals surface area contributed by atoms with E-state index in [0.29, 0.717) is 10.9 Å². The first-order valence-electron chi connectivity index (χ1n) is 8.86. The molecule has 0 saturated carbocycles. The van der Waals surface area contributed by atoms with Crippen molar-refractivity contribution in [3.63, 3.8) is 0 Å². The molecular weight excluding hydrogens is 377 g/mol. The number of fused-ring (bicyclic) bond motifs is 1. The topological polar surface area (TPSA) is 85.6 Å². The molecule has 0 atom stereocenters. The van der Waals surface area contributed by atoms with Crippen LogP contribution in [0.5, 0.6) is 5.75 Å². The van der Waals surface area contributed by atoms with Gasteiger partial charge in [0.25, 0.3) is 5.91 Å². The van der Waals surface area contributed by atoms with Gasteiger partial charge in [-0.2, -0.15) is 0 Å². The van der Waals surface area contributed by atoms with Gasteiger partial charge in [-0.05, 0) is 55.8 Å². The average Bonchev–Trinajstić information content (AvgIpc) is 2.66. The van der Waals surface area contributed by atoms with Crippen LogP contribution in [0, 0.1) is 5.82 Å². The molecule has 1 amide bonds. The Bertz CT molecular complexity index is 1150. The second kappa shape index (κ2) is 8.52. The Morgan fingerprint density at radius 3 is 2.52 bits per heavy atom. The van der Waals surface area contributed by atoms with E-state index < -0.39 is 17.5 Å². The lowest BCUT2D eigenvalue weighted by atomic mass is 10.1. The highest BCUT2D eigenvalue weighted by atomic mass is 19.1. The number of rotatable bonds is 5. The summed E-state index contributed by atoms with van der Waals surface area (Å²) < 4.78 is 23.3. The summed E-state index contributed by atoms with van der Waals surface area (Å²) in [5.41, 5.74) is -0.0579. The Morgan fingerprint density at radius 2 is 1.83 bits per heavy atom. The SMILES string of the molecule is CC(C)NC(=O)c1cc2ccc(OC(=O)/C=C/c3ccc(F)cc3)cc2oc1=O. The van der Waals surface area contributed by atoms with Gasteiger partial charge in [0.05, 0.1) is 0 Å². The molecule has 0 radical (unpaired) electrons. The van der Waals surface area contributed by atoms with E-state index >= 15 is 0 Å². The van der Waals surface area contributed by atoms with Crippen molar-refractivity contribution >= 4 is 28.9 Å². The largest absolute Gasteiger partial charge is 0.423 e. The molecule has 0 unspecified atom stereocenters. The zero-order valence-electron chi connectivity index (χ0n) is 15.8. The van der Waals surface area contributed by atoms with Gasteiger partial charge >= 0.3 is 11.6 Å². The van der Waals surface area contributed by atoms with Crippen molar-refractivity contribution in [3.05, 3.63) is 82.0 Å². The molecule has 1 aromatic heterocycles. The van der Waals surface area contributed by atoms with Gasteiger partial charge in [0, 0.05) is 23.6 Å². The van der Waals surface area contributed by atoms with E-state index in [1.807, 2.05) is 0 Å². The van der Waals surface area contributed by atoms with Crippen molar-refractivity contribution in [2.24, 2.45) is 0 Å². The predicted octanol–water partition coefficient (Wildman–Crippen LogP) is 3.69. The highest BCUT2D eigenvalue weighted by Gasteiger charge is 2.15. The number of amides is 1. The number of ether oxygens (including phenoxy) is 1. The minimum Gasteiger partial charge on any atom is -0.423 e. The molecule has 0 spiro atoms. The average molecular weight is 395 g/mol. The number of hydrogen-bond donors (Lipinski definition) is 1. The highest BCUT2D eigenvalue weighted by molar-refractivity contribution is 5.97. The number of carbonyl (C=O) groups excluding carboxylic acids is 2. The fourth-order valence-electron chi connectivity index (χ4n) is 2.54. The molecular formula is C22H18FNO5. The van der Waals surface area contributed by atoms with Crippen LogP contribution in [0.2, 0.25) is 0 Å². The van der Waals surface area contributed by atoms with E-state index in [-0.39, 0.29) is 28.8 Å². The Labute approximate surface area is 165 Å². The van der Waals surface area contributed by atoms with E-state index in [9.17, 15) is 18.8 Å². The summed E-state index contributed by atoms with van der Waals surface area (Å²) in [4.78, 5) is 36.1. The number of nitrogens with one attached hydrogen (secondary N) is 1. The van der Waals surface area contributed by atoms with Gasteiger partial charge in [-0.15, -0.1) is 0 Å². The molecule has 29 heavy (non-hydrogen) atoms. The summed E-state index contributed by atoms with van der Waals surface area (Å²) in [6.07, 6.45) is 2.69. The molecule has 0 aliphatic carbocycles. The van der Waals surface area contributed by atoms with Crippen LogP contribution < -0.4 is 15.7 Å². The second-order valence-corrected chi connectivity index (χ2v) is 6.58. The monoisotopic (exact) mass is 395 g/mol. The predicted molar refractivity (Wildman–Crippen MR) is 106 cm³/mol. The zero-order chi connectivity index (χ0) is 21.0. The third kappa shape index (κ3) is 5.16. The maximum atomic E-state index is 12.9. The lowest BCUT2D eigenvalue weighted by molar-refractivity contribution is -0.128. The van der Waals surface area contributed by atoms with Crippen LogP contribution in [0.25, 0.3) is 17.0 Å². The zero-order valence-corrected chi connectivity index (χ0v) is 15.8. The van der Waals surface area contributed by atoms with Gasteiger partial charge in [0.15, 0.2) is 0 Å². The molecule has 0 fully saturated rings. The molecule has 7 heteroatoms. The summed E-state index contributed by atoms with van der Waals surface area (Å²) in [5.74, 6) is -1.36. The second-order valence-electron chi connectivity index (χ2n) is 6.58. The molecule has 3 aromatic rings. The Morgan fingerprint density at radius 1 is 1.10 bits per heavy atom. The van der Waals surface area contributed by atoms with E-state index in [1.54, 1.807) is 19.9 Å². The standard InChI is InChI=1S/C22H18FNO5/c1-13(2)24-21(26)18-11-15-6-9-17(12-19(15)29-22(18)27)28-20(25)10-5-14-3-7-16(23)8-4-14/h3-13H,1-2H3,(H,24,26)/b10-5+. The molecule has 1 heterocycles. The molecule has 0 aliphatic rings. The van der Waals surface area contributed by atoms with E-state index in [4.69, 9.17) is 9.15 Å². The van der Waals surface area contributed by atoms with Crippen molar-refractivity contribution in [3.8, 4) is 5.75 Å². The molecule has 0 bridgehead atoms. The molecule has 1 N–H and O–H groups in total. The maximum Gasteiger partial charge on any atom is 0.349 e. The van der Waals surface area contributed by atoms with Crippen LogP contribution in [-0.4, -0.2) is 17.9 Å². The van der Waals surface area contributed by atoms with Gasteiger partial charge in [0.2, 0.25) is 0 Å². The number of carbonyl (C=O) groups is 2. The van der Waals surface area contributed by atoms with Gasteiger partial charge in [-0.3, -0.25) is 4.79 Å². The molecule has 0 saturated heterocycles. The Hall–Kier alpha value is -3.74. The van der Waals surface area contributed by atoms with Crippen LogP contribution in [0.3, 0.4) is 0 Å². The first-order chi connectivity index (χ1) is 13.8. The van der Waals surface area contributed by atoms with Crippen LogP contribution in [0.4, 0.5) is 4.39 Å². The van der Waals surface area contributed by atoms with Crippen LogP contribution in [0.1, 0.15) is 29.8 Å². The van der Waals surface area contributed by atoms with Crippen molar-refractivity contribution in [1.29, 1.82) is 0 Å². The number of hydrogen-bond acceptors (Lipinski definition) is 5. The van der Waals surface area contributed by atoms with E-state index in [1.165, 1.54) is 54.6 Å². The summed E-state index contributed by atoms with van der Waals surface area (Å²) in [7, 11) is 0. The molecule has 2 aromatic carbocycles. The number of esters is 1. The number of benzene rings is 2. The normalized spacial score (nSPS) is 11.2.